The molecule has 0 saturated heterocycles. The smallest absolute Gasteiger partial charge is 0.241 e. The van der Waals surface area contributed by atoms with Crippen molar-refractivity contribution in [2.24, 2.45) is 5.41 Å². The van der Waals surface area contributed by atoms with Crippen LogP contribution in [0.2, 0.25) is 0 Å². The van der Waals surface area contributed by atoms with Crippen LogP contribution in [0.5, 0.6) is 0 Å². The Morgan fingerprint density at radius 3 is 2.55 bits per heavy atom. The zero-order valence-corrected chi connectivity index (χ0v) is 12.1. The second-order valence-corrected chi connectivity index (χ2v) is 6.06. The first kappa shape index (κ1) is 14.6. The van der Waals surface area contributed by atoms with Gasteiger partial charge in [-0.05, 0) is 23.8 Å². The molecule has 3 nitrogen and oxygen atoms in total. The van der Waals surface area contributed by atoms with Gasteiger partial charge in [0.1, 0.15) is 5.92 Å². The van der Waals surface area contributed by atoms with Crippen LogP contribution in [-0.4, -0.2) is 12.5 Å². The molecule has 1 fully saturated rings. The number of carbonyl (C=O) groups excluding carboxylic acids is 1. The molecule has 2 rings (SSSR count). The van der Waals surface area contributed by atoms with Crippen LogP contribution in [0.1, 0.15) is 50.5 Å². The Balaban J connectivity index is 1.95. The van der Waals surface area contributed by atoms with Gasteiger partial charge in [-0.15, -0.1) is 0 Å². The van der Waals surface area contributed by atoms with Gasteiger partial charge in [0.15, 0.2) is 0 Å². The summed E-state index contributed by atoms with van der Waals surface area (Å²) in [5, 5.41) is 12.2. The molecule has 0 bridgehead atoms. The van der Waals surface area contributed by atoms with E-state index in [2.05, 4.69) is 18.3 Å². The Labute approximate surface area is 121 Å². The summed E-state index contributed by atoms with van der Waals surface area (Å²) < 4.78 is 0. The van der Waals surface area contributed by atoms with Crippen molar-refractivity contribution >= 4 is 5.91 Å². The maximum atomic E-state index is 12.2. The van der Waals surface area contributed by atoms with Crippen molar-refractivity contribution in [3.8, 4) is 6.07 Å². The van der Waals surface area contributed by atoms with Crippen LogP contribution < -0.4 is 5.32 Å². The van der Waals surface area contributed by atoms with E-state index >= 15 is 0 Å². The monoisotopic (exact) mass is 270 g/mol. The summed E-state index contributed by atoms with van der Waals surface area (Å²) in [6.07, 6.45) is 6.11. The number of carbonyl (C=O) groups is 1. The lowest BCUT2D eigenvalue weighted by atomic mass is 9.75. The summed E-state index contributed by atoms with van der Waals surface area (Å²) in [6, 6.07) is 11.4. The highest BCUT2D eigenvalue weighted by atomic mass is 16.1. The molecule has 0 spiro atoms. The molecule has 1 atom stereocenters. The van der Waals surface area contributed by atoms with Crippen molar-refractivity contribution in [2.45, 2.75) is 44.9 Å². The minimum Gasteiger partial charge on any atom is -0.354 e. The maximum Gasteiger partial charge on any atom is 0.241 e. The number of nitrogens with one attached hydrogen (secondary N) is 1. The number of hydrogen-bond donors (Lipinski definition) is 1. The van der Waals surface area contributed by atoms with Gasteiger partial charge in [-0.25, -0.2) is 0 Å². The van der Waals surface area contributed by atoms with Crippen LogP contribution in [0, 0.1) is 16.7 Å². The van der Waals surface area contributed by atoms with Gasteiger partial charge in [-0.3, -0.25) is 4.79 Å². The van der Waals surface area contributed by atoms with E-state index in [1.165, 1.54) is 19.3 Å². The molecular weight excluding hydrogens is 248 g/mol. The van der Waals surface area contributed by atoms with Crippen molar-refractivity contribution in [1.82, 2.24) is 5.32 Å². The lowest BCUT2D eigenvalue weighted by molar-refractivity contribution is -0.122. The Morgan fingerprint density at radius 2 is 1.95 bits per heavy atom. The second kappa shape index (κ2) is 6.56. The third-order valence-corrected chi connectivity index (χ3v) is 4.27. The van der Waals surface area contributed by atoms with Gasteiger partial charge in [0, 0.05) is 6.54 Å². The Morgan fingerprint density at radius 1 is 1.30 bits per heavy atom. The zero-order chi connectivity index (χ0) is 14.4. The third kappa shape index (κ3) is 3.60. The van der Waals surface area contributed by atoms with Gasteiger partial charge in [0.2, 0.25) is 5.91 Å². The molecule has 0 aliphatic heterocycles. The Hall–Kier alpha value is -1.82. The molecule has 0 radical (unpaired) electrons. The fourth-order valence-corrected chi connectivity index (χ4v) is 2.91. The minimum absolute atomic E-state index is 0.175. The molecular formula is C17H22N2O. The van der Waals surface area contributed by atoms with Gasteiger partial charge >= 0.3 is 0 Å². The predicted octanol–water partition coefficient (Wildman–Crippen LogP) is 3.38. The highest BCUT2D eigenvalue weighted by Gasteiger charge is 2.28. The molecule has 1 amide bonds. The van der Waals surface area contributed by atoms with E-state index in [-0.39, 0.29) is 11.3 Å². The molecule has 1 aliphatic rings. The van der Waals surface area contributed by atoms with E-state index in [1.54, 1.807) is 0 Å². The Bertz CT molecular complexity index is 483. The normalized spacial score (nSPS) is 18.8. The lowest BCUT2D eigenvalue weighted by Crippen LogP contribution is -2.39. The lowest BCUT2D eigenvalue weighted by Gasteiger charge is -2.33. The molecule has 1 saturated carbocycles. The number of nitriles is 1. The van der Waals surface area contributed by atoms with Crippen LogP contribution in [-0.2, 0) is 4.79 Å². The maximum absolute atomic E-state index is 12.2. The highest BCUT2D eigenvalue weighted by molar-refractivity contribution is 5.86. The molecule has 20 heavy (non-hydrogen) atoms. The topological polar surface area (TPSA) is 52.9 Å². The minimum atomic E-state index is -0.705. The summed E-state index contributed by atoms with van der Waals surface area (Å²) in [7, 11) is 0. The third-order valence-electron chi connectivity index (χ3n) is 4.27. The van der Waals surface area contributed by atoms with E-state index in [4.69, 9.17) is 0 Å². The SMILES string of the molecule is CC1(CNC(=O)C(C#N)c2ccccc2)CCCCC1. The van der Waals surface area contributed by atoms with Crippen LogP contribution in [0.4, 0.5) is 0 Å². The molecule has 1 unspecified atom stereocenters. The van der Waals surface area contributed by atoms with Crippen molar-refractivity contribution < 1.29 is 4.79 Å². The fourth-order valence-electron chi connectivity index (χ4n) is 2.91. The summed E-state index contributed by atoms with van der Waals surface area (Å²) in [4.78, 5) is 12.2. The largest absolute Gasteiger partial charge is 0.354 e. The fraction of sp³-hybridized carbons (Fsp3) is 0.529. The number of rotatable bonds is 4. The zero-order valence-electron chi connectivity index (χ0n) is 12.1. The van der Waals surface area contributed by atoms with Crippen LogP contribution in [0.15, 0.2) is 30.3 Å². The van der Waals surface area contributed by atoms with Crippen molar-refractivity contribution in [1.29, 1.82) is 5.26 Å². The molecule has 1 aromatic carbocycles. The van der Waals surface area contributed by atoms with Crippen molar-refractivity contribution in [3.05, 3.63) is 35.9 Å². The summed E-state index contributed by atoms with van der Waals surface area (Å²) in [5.41, 5.74) is 0.964. The quantitative estimate of drug-likeness (QED) is 0.911. The number of nitrogens with zero attached hydrogens (tertiary/aromatic N) is 1. The first-order chi connectivity index (χ1) is 9.64. The first-order valence-electron chi connectivity index (χ1n) is 7.37. The molecule has 3 heteroatoms. The van der Waals surface area contributed by atoms with Crippen LogP contribution in [0.3, 0.4) is 0 Å². The molecule has 1 aromatic rings. The average Bonchev–Trinajstić information content (AvgIpc) is 2.48. The predicted molar refractivity (Wildman–Crippen MR) is 79.0 cm³/mol. The van der Waals surface area contributed by atoms with Gasteiger partial charge < -0.3 is 5.32 Å². The van der Waals surface area contributed by atoms with Gasteiger partial charge in [0.25, 0.3) is 0 Å². The second-order valence-electron chi connectivity index (χ2n) is 6.06. The van der Waals surface area contributed by atoms with E-state index in [1.807, 2.05) is 30.3 Å². The van der Waals surface area contributed by atoms with E-state index in [9.17, 15) is 10.1 Å². The van der Waals surface area contributed by atoms with Gasteiger partial charge in [-0.2, -0.15) is 5.26 Å². The molecule has 1 aliphatic carbocycles. The molecule has 106 valence electrons. The molecule has 0 aromatic heterocycles. The molecule has 0 heterocycles. The number of hydrogen-bond acceptors (Lipinski definition) is 2. The van der Waals surface area contributed by atoms with Gasteiger partial charge in [0.05, 0.1) is 6.07 Å². The molecule has 1 N–H and O–H groups in total. The van der Waals surface area contributed by atoms with Gasteiger partial charge in [-0.1, -0.05) is 56.5 Å². The van der Waals surface area contributed by atoms with Crippen molar-refractivity contribution in [2.75, 3.05) is 6.54 Å². The average molecular weight is 270 g/mol. The summed E-state index contributed by atoms with van der Waals surface area (Å²) in [5.74, 6) is -0.881. The number of benzene rings is 1. The highest BCUT2D eigenvalue weighted by Crippen LogP contribution is 2.35. The van der Waals surface area contributed by atoms with Crippen LogP contribution in [0.25, 0.3) is 0 Å². The van der Waals surface area contributed by atoms with E-state index in [0.717, 1.165) is 18.4 Å². The number of amides is 1. The van der Waals surface area contributed by atoms with Crippen LogP contribution >= 0.6 is 0 Å². The van der Waals surface area contributed by atoms with E-state index in [0.29, 0.717) is 6.54 Å². The Kier molecular flexibility index (Phi) is 4.79. The summed E-state index contributed by atoms with van der Waals surface area (Å²) >= 11 is 0. The van der Waals surface area contributed by atoms with E-state index < -0.39 is 5.92 Å². The van der Waals surface area contributed by atoms with Crippen molar-refractivity contribution in [3.63, 3.8) is 0 Å². The standard InChI is InChI=1S/C17H22N2O/c1-17(10-6-3-7-11-17)13-19-16(20)15(12-18)14-8-4-2-5-9-14/h2,4-5,8-9,15H,3,6-7,10-11,13H2,1H3,(H,19,20). The first-order valence-corrected chi connectivity index (χ1v) is 7.37. The summed E-state index contributed by atoms with van der Waals surface area (Å²) in [6.45, 7) is 2.91.